The first-order chi connectivity index (χ1) is 14.2. The topological polar surface area (TPSA) is 86.1 Å². The van der Waals surface area contributed by atoms with E-state index in [1.807, 2.05) is 35.0 Å². The Labute approximate surface area is 172 Å². The number of aromatic nitrogens is 3. The zero-order chi connectivity index (χ0) is 20.2. The number of hydrogen-bond donors (Lipinski definition) is 1. The van der Waals surface area contributed by atoms with Crippen LogP contribution in [0.4, 0.5) is 5.13 Å². The molecule has 29 heavy (non-hydrogen) atoms. The number of anilines is 1. The van der Waals surface area contributed by atoms with Crippen LogP contribution in [0, 0.1) is 0 Å². The Morgan fingerprint density at radius 3 is 2.76 bits per heavy atom. The third kappa shape index (κ3) is 4.22. The smallest absolute Gasteiger partial charge is 0.311 e. The Kier molecular flexibility index (Phi) is 5.71. The molecular weight excluding hydrogens is 388 g/mol. The van der Waals surface area contributed by atoms with Gasteiger partial charge in [-0.25, -0.2) is 9.67 Å². The van der Waals surface area contributed by atoms with Gasteiger partial charge in [0.15, 0.2) is 10.8 Å². The van der Waals surface area contributed by atoms with Crippen molar-refractivity contribution in [3.8, 4) is 5.69 Å². The van der Waals surface area contributed by atoms with Gasteiger partial charge in [0.05, 0.1) is 24.9 Å². The number of nitrogens with zero attached hydrogens (tertiary/aromatic N) is 3. The number of fused-ring (bicyclic) bond motifs is 1. The van der Waals surface area contributed by atoms with Crippen LogP contribution in [0.25, 0.3) is 5.69 Å². The maximum atomic E-state index is 13.0. The van der Waals surface area contributed by atoms with Crippen LogP contribution in [-0.2, 0) is 28.8 Å². The van der Waals surface area contributed by atoms with E-state index in [2.05, 4.69) is 20.1 Å². The number of benzene rings is 1. The number of ether oxygens (including phenoxy) is 1. The van der Waals surface area contributed by atoms with E-state index in [-0.39, 0.29) is 18.3 Å². The van der Waals surface area contributed by atoms with Gasteiger partial charge in [-0.1, -0.05) is 24.6 Å². The van der Waals surface area contributed by atoms with Crippen LogP contribution >= 0.6 is 11.3 Å². The number of para-hydroxylation sites is 1. The van der Waals surface area contributed by atoms with Gasteiger partial charge < -0.3 is 4.74 Å². The summed E-state index contributed by atoms with van der Waals surface area (Å²) in [4.78, 5) is 28.7. The molecular formula is C21H22N4O3S. The molecule has 2 heterocycles. The molecule has 1 aliphatic rings. The number of amides is 1. The molecule has 0 saturated carbocycles. The molecule has 7 nitrogen and oxygen atoms in total. The Hall–Kier alpha value is -3.00. The molecule has 0 aliphatic heterocycles. The van der Waals surface area contributed by atoms with Crippen molar-refractivity contribution < 1.29 is 14.3 Å². The van der Waals surface area contributed by atoms with E-state index in [0.29, 0.717) is 16.5 Å². The lowest BCUT2D eigenvalue weighted by atomic mass is 10.1. The number of nitrogens with one attached hydrogen (secondary N) is 1. The van der Waals surface area contributed by atoms with Crippen molar-refractivity contribution in [1.29, 1.82) is 0 Å². The number of carbonyl (C=O) groups is 2. The molecule has 0 fully saturated rings. The van der Waals surface area contributed by atoms with Gasteiger partial charge in [-0.15, -0.1) is 11.3 Å². The number of carbonyl (C=O) groups excluding carboxylic acids is 2. The summed E-state index contributed by atoms with van der Waals surface area (Å²) in [7, 11) is 1.34. The number of esters is 1. The van der Waals surface area contributed by atoms with Crippen molar-refractivity contribution in [1.82, 2.24) is 14.8 Å². The van der Waals surface area contributed by atoms with Gasteiger partial charge in [0, 0.05) is 16.6 Å². The average molecular weight is 410 g/mol. The fourth-order valence-corrected chi connectivity index (χ4v) is 4.27. The largest absolute Gasteiger partial charge is 0.469 e. The van der Waals surface area contributed by atoms with E-state index in [4.69, 9.17) is 0 Å². The summed E-state index contributed by atoms with van der Waals surface area (Å²) in [6.07, 6.45) is 5.13. The molecule has 0 atom stereocenters. The van der Waals surface area contributed by atoms with Crippen LogP contribution < -0.4 is 5.32 Å². The number of methoxy groups -OCH3 is 1. The second-order valence-electron chi connectivity index (χ2n) is 6.93. The summed E-state index contributed by atoms with van der Waals surface area (Å²) in [5.74, 6) is -0.628. The molecule has 0 bridgehead atoms. The van der Waals surface area contributed by atoms with Crippen molar-refractivity contribution in [2.24, 2.45) is 0 Å². The minimum atomic E-state index is -0.361. The summed E-state index contributed by atoms with van der Waals surface area (Å²) in [5, 5.41) is 9.72. The molecule has 150 valence electrons. The van der Waals surface area contributed by atoms with E-state index < -0.39 is 0 Å². The maximum Gasteiger partial charge on any atom is 0.311 e. The van der Waals surface area contributed by atoms with E-state index in [0.717, 1.165) is 49.0 Å². The van der Waals surface area contributed by atoms with Crippen LogP contribution in [-0.4, -0.2) is 33.8 Å². The highest BCUT2D eigenvalue weighted by atomic mass is 32.1. The molecule has 1 amide bonds. The number of rotatable bonds is 5. The highest BCUT2D eigenvalue weighted by Crippen LogP contribution is 2.27. The first-order valence-corrected chi connectivity index (χ1v) is 10.5. The van der Waals surface area contributed by atoms with Crippen LogP contribution in [0.1, 0.15) is 46.7 Å². The third-order valence-corrected chi connectivity index (χ3v) is 5.78. The molecule has 0 saturated heterocycles. The lowest BCUT2D eigenvalue weighted by Crippen LogP contribution is -2.15. The fraction of sp³-hybridized carbons (Fsp3) is 0.333. The van der Waals surface area contributed by atoms with Gasteiger partial charge >= 0.3 is 5.97 Å². The normalized spacial score (nSPS) is 13.4. The average Bonchev–Trinajstić information content (AvgIpc) is 3.24. The molecule has 8 heteroatoms. The summed E-state index contributed by atoms with van der Waals surface area (Å²) in [5.41, 5.74) is 4.13. The summed E-state index contributed by atoms with van der Waals surface area (Å²) < 4.78 is 6.56. The van der Waals surface area contributed by atoms with Crippen LogP contribution in [0.15, 0.2) is 35.7 Å². The molecule has 0 unspecified atom stereocenters. The molecule has 0 radical (unpaired) electrons. The van der Waals surface area contributed by atoms with Gasteiger partial charge in [-0.3, -0.25) is 14.9 Å². The quantitative estimate of drug-likeness (QED) is 0.513. The molecule has 4 rings (SSSR count). The lowest BCUT2D eigenvalue weighted by Gasteiger charge is -2.06. The van der Waals surface area contributed by atoms with Crippen LogP contribution in [0.3, 0.4) is 0 Å². The van der Waals surface area contributed by atoms with E-state index in [1.54, 1.807) is 5.38 Å². The predicted molar refractivity (Wildman–Crippen MR) is 111 cm³/mol. The fourth-order valence-electron chi connectivity index (χ4n) is 3.56. The van der Waals surface area contributed by atoms with Crippen molar-refractivity contribution in [3.63, 3.8) is 0 Å². The van der Waals surface area contributed by atoms with Gasteiger partial charge in [-0.2, -0.15) is 5.10 Å². The van der Waals surface area contributed by atoms with Crippen LogP contribution in [0.5, 0.6) is 0 Å². The second kappa shape index (κ2) is 8.57. The van der Waals surface area contributed by atoms with Gasteiger partial charge in [0.25, 0.3) is 5.91 Å². The zero-order valence-electron chi connectivity index (χ0n) is 16.2. The Morgan fingerprint density at radius 1 is 1.17 bits per heavy atom. The van der Waals surface area contributed by atoms with E-state index in [1.165, 1.54) is 18.4 Å². The lowest BCUT2D eigenvalue weighted by molar-refractivity contribution is -0.139. The Bertz CT molecular complexity index is 1030. The number of hydrogen-bond acceptors (Lipinski definition) is 6. The molecule has 1 aromatic carbocycles. The first kappa shape index (κ1) is 19.3. The van der Waals surface area contributed by atoms with Crippen molar-refractivity contribution in [2.75, 3.05) is 12.4 Å². The molecule has 3 aromatic rings. The Balaban J connectivity index is 1.62. The highest BCUT2D eigenvalue weighted by Gasteiger charge is 2.25. The van der Waals surface area contributed by atoms with Gasteiger partial charge in [0.1, 0.15) is 0 Å². The Morgan fingerprint density at radius 2 is 1.97 bits per heavy atom. The van der Waals surface area contributed by atoms with Gasteiger partial charge in [-0.05, 0) is 37.8 Å². The van der Waals surface area contributed by atoms with Crippen molar-refractivity contribution in [3.05, 3.63) is 58.4 Å². The SMILES string of the molecule is COC(=O)Cc1csc(NC(=O)c2nn(-c3ccccc3)c3c2CCCCC3)n1. The molecule has 1 N–H and O–H groups in total. The summed E-state index contributed by atoms with van der Waals surface area (Å²) in [6, 6.07) is 9.91. The molecule has 0 spiro atoms. The summed E-state index contributed by atoms with van der Waals surface area (Å²) >= 11 is 1.28. The van der Waals surface area contributed by atoms with Crippen LogP contribution in [0.2, 0.25) is 0 Å². The number of thiazole rings is 1. The third-order valence-electron chi connectivity index (χ3n) is 4.97. The van der Waals surface area contributed by atoms with Crippen molar-refractivity contribution >= 4 is 28.3 Å². The first-order valence-electron chi connectivity index (χ1n) is 9.64. The minimum Gasteiger partial charge on any atom is -0.469 e. The maximum absolute atomic E-state index is 13.0. The van der Waals surface area contributed by atoms with Gasteiger partial charge in [0.2, 0.25) is 0 Å². The van der Waals surface area contributed by atoms with Crippen molar-refractivity contribution in [2.45, 2.75) is 38.5 Å². The monoisotopic (exact) mass is 410 g/mol. The predicted octanol–water partition coefficient (Wildman–Crippen LogP) is 3.57. The minimum absolute atomic E-state index is 0.0842. The van der Waals surface area contributed by atoms with E-state index in [9.17, 15) is 9.59 Å². The highest BCUT2D eigenvalue weighted by molar-refractivity contribution is 7.14. The molecule has 2 aromatic heterocycles. The zero-order valence-corrected chi connectivity index (χ0v) is 17.0. The molecule has 1 aliphatic carbocycles. The van der Waals surface area contributed by atoms with E-state index >= 15 is 0 Å². The standard InChI is InChI=1S/C21H22N4O3S/c1-28-18(26)12-14-13-29-21(22-14)23-20(27)19-16-10-6-3-7-11-17(16)25(24-19)15-8-4-2-5-9-15/h2,4-5,8-9,13H,3,6-7,10-12H2,1H3,(H,22,23,27). The second-order valence-corrected chi connectivity index (χ2v) is 7.79. The summed E-state index contributed by atoms with van der Waals surface area (Å²) in [6.45, 7) is 0.